The van der Waals surface area contributed by atoms with E-state index >= 15 is 0 Å². The Hall–Kier alpha value is -1.51. The van der Waals surface area contributed by atoms with Crippen molar-refractivity contribution in [2.24, 2.45) is 0 Å². The summed E-state index contributed by atoms with van der Waals surface area (Å²) < 4.78 is 1.87. The van der Waals surface area contributed by atoms with Gasteiger partial charge in [-0.05, 0) is 6.92 Å². The summed E-state index contributed by atoms with van der Waals surface area (Å²) in [4.78, 5) is 8.77. The Kier molecular flexibility index (Phi) is 3.57. The summed E-state index contributed by atoms with van der Waals surface area (Å²) in [6.07, 6.45) is 1.78. The normalized spacial score (nSPS) is 11.3. The molecule has 0 aromatic carbocycles. The summed E-state index contributed by atoms with van der Waals surface area (Å²) in [5.74, 6) is 3.81. The van der Waals surface area contributed by atoms with Crippen molar-refractivity contribution in [3.05, 3.63) is 22.7 Å². The van der Waals surface area contributed by atoms with Crippen molar-refractivity contribution in [2.45, 2.75) is 26.6 Å². The van der Waals surface area contributed by atoms with Gasteiger partial charge in [0, 0.05) is 18.9 Å². The van der Waals surface area contributed by atoms with Crippen LogP contribution in [0.1, 0.15) is 11.4 Å². The summed E-state index contributed by atoms with van der Waals surface area (Å²) in [7, 11) is 0.355. The number of fused-ring (bicyclic) bond motifs is 1. The lowest BCUT2D eigenvalue weighted by atomic mass is 10.4. The smallest absolute Gasteiger partial charge is 0.181 e. The first-order valence-electron chi connectivity index (χ1n) is 6.08. The molecule has 2 aromatic heterocycles. The maximum atomic E-state index is 6.39. The predicted molar refractivity (Wildman–Crippen MR) is 82.5 cm³/mol. The number of aromatic nitrogens is 3. The van der Waals surface area contributed by atoms with Crippen LogP contribution in [0.3, 0.4) is 0 Å². The number of hydrogen-bond acceptors (Lipinski definition) is 3. The maximum absolute atomic E-state index is 6.39. The molecule has 19 heavy (non-hydrogen) atoms. The molecule has 2 rings (SSSR count). The topological polar surface area (TPSA) is 42.2 Å². The van der Waals surface area contributed by atoms with Gasteiger partial charge in [0.15, 0.2) is 17.2 Å². The second-order valence-electron chi connectivity index (χ2n) is 5.41. The highest BCUT2D eigenvalue weighted by atomic mass is 35.5. The molecule has 0 aliphatic heterocycles. The highest BCUT2D eigenvalue weighted by molar-refractivity contribution is 6.83. The van der Waals surface area contributed by atoms with Crippen LogP contribution in [0.15, 0.2) is 6.20 Å². The van der Waals surface area contributed by atoms with Crippen LogP contribution in [-0.4, -0.2) is 29.5 Å². The molecule has 0 saturated carbocycles. The van der Waals surface area contributed by atoms with Gasteiger partial charge in [0.2, 0.25) is 0 Å². The van der Waals surface area contributed by atoms with Gasteiger partial charge >= 0.3 is 0 Å². The second kappa shape index (κ2) is 4.87. The van der Waals surface area contributed by atoms with Gasteiger partial charge in [-0.2, -0.15) is 0 Å². The first kappa shape index (κ1) is 13.9. The van der Waals surface area contributed by atoms with E-state index in [1.807, 2.05) is 18.4 Å². The molecule has 1 N–H and O–H groups in total. The SMILES string of the molecule is CNc1nc(C#C[Si](C)(C)C)c(Cl)n2c(C)cnc12. The summed E-state index contributed by atoms with van der Waals surface area (Å²) in [5.41, 5.74) is 5.58. The number of anilines is 1. The molecular formula is C13H17ClN4Si. The summed E-state index contributed by atoms with van der Waals surface area (Å²) in [6, 6.07) is 0. The van der Waals surface area contributed by atoms with Crippen molar-refractivity contribution in [3.8, 4) is 11.5 Å². The van der Waals surface area contributed by atoms with Gasteiger partial charge in [0.05, 0.1) is 0 Å². The summed E-state index contributed by atoms with van der Waals surface area (Å²) >= 11 is 6.39. The van der Waals surface area contributed by atoms with E-state index in [1.54, 1.807) is 6.20 Å². The molecule has 0 radical (unpaired) electrons. The molecule has 2 aromatic rings. The molecule has 6 heteroatoms. The van der Waals surface area contributed by atoms with Crippen molar-refractivity contribution in [3.63, 3.8) is 0 Å². The molecule has 0 atom stereocenters. The maximum Gasteiger partial charge on any atom is 0.181 e. The van der Waals surface area contributed by atoms with Gasteiger partial charge in [-0.25, -0.2) is 9.97 Å². The fraction of sp³-hybridized carbons (Fsp3) is 0.385. The van der Waals surface area contributed by atoms with Crippen LogP contribution < -0.4 is 5.32 Å². The van der Waals surface area contributed by atoms with Crippen LogP contribution in [-0.2, 0) is 0 Å². The average Bonchev–Trinajstić information content (AvgIpc) is 2.70. The molecule has 0 spiro atoms. The molecular weight excluding hydrogens is 276 g/mol. The summed E-state index contributed by atoms with van der Waals surface area (Å²) in [5, 5.41) is 3.56. The fourth-order valence-corrected chi connectivity index (χ4v) is 2.46. The lowest BCUT2D eigenvalue weighted by Crippen LogP contribution is -2.16. The molecule has 0 bridgehead atoms. The Balaban J connectivity index is 2.71. The first-order chi connectivity index (χ1) is 8.83. The Morgan fingerprint density at radius 2 is 2.05 bits per heavy atom. The number of halogens is 1. The van der Waals surface area contributed by atoms with Crippen molar-refractivity contribution < 1.29 is 0 Å². The van der Waals surface area contributed by atoms with Crippen molar-refractivity contribution in [1.82, 2.24) is 14.4 Å². The number of nitrogens with zero attached hydrogens (tertiary/aromatic N) is 3. The van der Waals surface area contributed by atoms with Crippen molar-refractivity contribution in [2.75, 3.05) is 12.4 Å². The van der Waals surface area contributed by atoms with Crippen molar-refractivity contribution in [1.29, 1.82) is 0 Å². The van der Waals surface area contributed by atoms with E-state index in [2.05, 4.69) is 46.4 Å². The van der Waals surface area contributed by atoms with Crippen LogP contribution >= 0.6 is 11.6 Å². The minimum Gasteiger partial charge on any atom is -0.370 e. The van der Waals surface area contributed by atoms with Crippen LogP contribution in [0.5, 0.6) is 0 Å². The minimum absolute atomic E-state index is 0.523. The van der Waals surface area contributed by atoms with Crippen molar-refractivity contribution >= 4 is 31.1 Å². The lowest BCUT2D eigenvalue weighted by molar-refractivity contribution is 1.06. The van der Waals surface area contributed by atoms with Gasteiger partial charge in [0.1, 0.15) is 13.2 Å². The summed E-state index contributed by atoms with van der Waals surface area (Å²) in [6.45, 7) is 8.52. The van der Waals surface area contributed by atoms with Crippen LogP contribution in [0.2, 0.25) is 24.8 Å². The molecule has 0 aliphatic carbocycles. The third-order valence-corrected chi connectivity index (χ3v) is 3.78. The molecule has 4 nitrogen and oxygen atoms in total. The van der Waals surface area contributed by atoms with E-state index in [-0.39, 0.29) is 0 Å². The van der Waals surface area contributed by atoms with Gasteiger partial charge in [-0.1, -0.05) is 37.2 Å². The average molecular weight is 293 g/mol. The van der Waals surface area contributed by atoms with E-state index in [0.717, 1.165) is 11.3 Å². The van der Waals surface area contributed by atoms with E-state index in [1.165, 1.54) is 0 Å². The van der Waals surface area contributed by atoms with E-state index in [0.29, 0.717) is 16.7 Å². The molecule has 0 fully saturated rings. The first-order valence-corrected chi connectivity index (χ1v) is 9.96. The Morgan fingerprint density at radius 3 is 2.63 bits per heavy atom. The Morgan fingerprint density at radius 1 is 1.37 bits per heavy atom. The molecule has 0 unspecified atom stereocenters. The third-order valence-electron chi connectivity index (χ3n) is 2.56. The largest absolute Gasteiger partial charge is 0.370 e. The molecule has 0 saturated heterocycles. The van der Waals surface area contributed by atoms with E-state index in [4.69, 9.17) is 11.6 Å². The third kappa shape index (κ3) is 2.75. The lowest BCUT2D eigenvalue weighted by Gasteiger charge is -2.08. The molecule has 0 amide bonds. The quantitative estimate of drug-likeness (QED) is 0.649. The van der Waals surface area contributed by atoms with Crippen LogP contribution in [0.4, 0.5) is 5.82 Å². The zero-order valence-electron chi connectivity index (χ0n) is 11.8. The number of imidazole rings is 1. The number of aryl methyl sites for hydroxylation is 1. The second-order valence-corrected chi connectivity index (χ2v) is 10.5. The highest BCUT2D eigenvalue weighted by Crippen LogP contribution is 2.23. The molecule has 100 valence electrons. The van der Waals surface area contributed by atoms with E-state index < -0.39 is 8.07 Å². The minimum atomic E-state index is -1.46. The molecule has 0 aliphatic rings. The van der Waals surface area contributed by atoms with Gasteiger partial charge in [-0.3, -0.25) is 4.40 Å². The highest BCUT2D eigenvalue weighted by Gasteiger charge is 2.14. The predicted octanol–water partition coefficient (Wildman–Crippen LogP) is 2.96. The van der Waals surface area contributed by atoms with Crippen LogP contribution in [0, 0.1) is 18.4 Å². The zero-order valence-corrected chi connectivity index (χ0v) is 13.6. The van der Waals surface area contributed by atoms with Gasteiger partial charge in [-0.15, -0.1) is 5.54 Å². The Bertz CT molecular complexity index is 688. The van der Waals surface area contributed by atoms with Gasteiger partial charge < -0.3 is 5.32 Å². The number of hydrogen-bond donors (Lipinski definition) is 1. The fourth-order valence-electron chi connectivity index (χ4n) is 1.66. The number of rotatable bonds is 1. The van der Waals surface area contributed by atoms with E-state index in [9.17, 15) is 0 Å². The Labute approximate surface area is 119 Å². The van der Waals surface area contributed by atoms with Crippen LogP contribution in [0.25, 0.3) is 5.65 Å². The monoisotopic (exact) mass is 292 g/mol. The molecule has 2 heterocycles. The zero-order chi connectivity index (χ0) is 14.2. The number of nitrogens with one attached hydrogen (secondary N) is 1. The standard InChI is InChI=1S/C13H17ClN4Si/c1-9-8-16-13-12(15-2)17-10(11(14)18(9)13)6-7-19(3,4)5/h8H,1-5H3,(H,15,17). The van der Waals surface area contributed by atoms with Gasteiger partial charge in [0.25, 0.3) is 0 Å².